The number of esters is 1. The summed E-state index contributed by atoms with van der Waals surface area (Å²) in [6.45, 7) is 6.77. The first kappa shape index (κ1) is 14.8. The van der Waals surface area contributed by atoms with E-state index >= 15 is 0 Å². The van der Waals surface area contributed by atoms with Gasteiger partial charge >= 0.3 is 5.97 Å². The van der Waals surface area contributed by atoms with Crippen molar-refractivity contribution in [3.05, 3.63) is 0 Å². The third-order valence-electron chi connectivity index (χ3n) is 4.45. The number of hydrogen-bond donors (Lipinski definition) is 1. The fourth-order valence-corrected chi connectivity index (χ4v) is 3.53. The molecule has 2 atom stereocenters. The summed E-state index contributed by atoms with van der Waals surface area (Å²) in [5.74, 6) is 1.51. The van der Waals surface area contributed by atoms with E-state index in [1.54, 1.807) is 0 Å². The lowest BCUT2D eigenvalue weighted by Gasteiger charge is -2.37. The van der Waals surface area contributed by atoms with Crippen molar-refractivity contribution in [2.45, 2.75) is 77.4 Å². The highest BCUT2D eigenvalue weighted by Gasteiger charge is 2.34. The van der Waals surface area contributed by atoms with E-state index in [9.17, 15) is 4.79 Å². The molecule has 110 valence electrons. The minimum atomic E-state index is -0.378. The van der Waals surface area contributed by atoms with Gasteiger partial charge in [0.1, 0.15) is 11.6 Å². The number of carbonyl (C=O) groups excluding carboxylic acids is 1. The summed E-state index contributed by atoms with van der Waals surface area (Å²) in [7, 11) is 0. The molecule has 3 heteroatoms. The van der Waals surface area contributed by atoms with Crippen LogP contribution in [0.1, 0.15) is 65.7 Å². The maximum absolute atomic E-state index is 12.2. The third kappa shape index (κ3) is 4.48. The standard InChI is InChI=1S/C16H29NO2/c1-16(2,3)19-15(18)14-11-13(9-10-17-14)12-7-5-4-6-8-12/h12-14,17H,4-11H2,1-3H3. The molecule has 1 saturated carbocycles. The van der Waals surface area contributed by atoms with E-state index < -0.39 is 0 Å². The number of piperidine rings is 1. The van der Waals surface area contributed by atoms with Crippen molar-refractivity contribution >= 4 is 5.97 Å². The van der Waals surface area contributed by atoms with Gasteiger partial charge in [0.15, 0.2) is 0 Å². The highest BCUT2D eigenvalue weighted by Crippen LogP contribution is 2.35. The molecule has 2 aliphatic rings. The Morgan fingerprint density at radius 1 is 1.05 bits per heavy atom. The van der Waals surface area contributed by atoms with Crippen LogP contribution in [0.15, 0.2) is 0 Å². The molecule has 1 heterocycles. The number of carbonyl (C=O) groups is 1. The zero-order valence-corrected chi connectivity index (χ0v) is 12.7. The molecule has 0 radical (unpaired) electrons. The predicted molar refractivity (Wildman–Crippen MR) is 76.9 cm³/mol. The summed E-state index contributed by atoms with van der Waals surface area (Å²) >= 11 is 0. The highest BCUT2D eigenvalue weighted by atomic mass is 16.6. The molecular weight excluding hydrogens is 238 g/mol. The minimum absolute atomic E-state index is 0.0620. The zero-order chi connectivity index (χ0) is 13.9. The number of ether oxygens (including phenoxy) is 1. The summed E-state index contributed by atoms with van der Waals surface area (Å²) in [6, 6.07) is -0.0834. The van der Waals surface area contributed by atoms with Crippen LogP contribution in [-0.4, -0.2) is 24.2 Å². The van der Waals surface area contributed by atoms with Crippen molar-refractivity contribution in [1.29, 1.82) is 0 Å². The second kappa shape index (κ2) is 6.25. The van der Waals surface area contributed by atoms with Gasteiger partial charge in [0, 0.05) is 0 Å². The Morgan fingerprint density at radius 3 is 2.37 bits per heavy atom. The van der Waals surface area contributed by atoms with E-state index in [2.05, 4.69) is 5.32 Å². The van der Waals surface area contributed by atoms with Crippen molar-refractivity contribution in [1.82, 2.24) is 5.32 Å². The molecule has 1 saturated heterocycles. The molecule has 3 nitrogen and oxygen atoms in total. The summed E-state index contributed by atoms with van der Waals surface area (Å²) in [5.41, 5.74) is -0.378. The van der Waals surface area contributed by atoms with Gasteiger partial charge in [-0.1, -0.05) is 32.1 Å². The summed E-state index contributed by atoms with van der Waals surface area (Å²) in [4.78, 5) is 12.2. The maximum atomic E-state index is 12.2. The molecule has 2 unspecified atom stereocenters. The molecule has 1 N–H and O–H groups in total. The smallest absolute Gasteiger partial charge is 0.323 e. The largest absolute Gasteiger partial charge is 0.459 e. The SMILES string of the molecule is CC(C)(C)OC(=O)C1CC(C2CCCCC2)CCN1. The molecule has 0 bridgehead atoms. The van der Waals surface area contributed by atoms with Crippen LogP contribution in [0.25, 0.3) is 0 Å². The molecule has 0 aromatic rings. The fourth-order valence-electron chi connectivity index (χ4n) is 3.53. The molecule has 2 fully saturated rings. The van der Waals surface area contributed by atoms with Crippen LogP contribution in [-0.2, 0) is 9.53 Å². The molecular formula is C16H29NO2. The Labute approximate surface area is 117 Å². The predicted octanol–water partition coefficient (Wildman–Crippen LogP) is 3.28. The Balaban J connectivity index is 1.87. The van der Waals surface area contributed by atoms with Gasteiger partial charge in [0.2, 0.25) is 0 Å². The average molecular weight is 267 g/mol. The van der Waals surface area contributed by atoms with Gasteiger partial charge in [-0.15, -0.1) is 0 Å². The van der Waals surface area contributed by atoms with Crippen molar-refractivity contribution in [3.63, 3.8) is 0 Å². The van der Waals surface area contributed by atoms with Crippen molar-refractivity contribution in [3.8, 4) is 0 Å². The van der Waals surface area contributed by atoms with Gasteiger partial charge in [-0.05, 0) is 52.0 Å². The molecule has 0 aromatic heterocycles. The quantitative estimate of drug-likeness (QED) is 0.780. The lowest BCUT2D eigenvalue weighted by molar-refractivity contribution is -0.158. The van der Waals surface area contributed by atoms with E-state index in [1.807, 2.05) is 20.8 Å². The normalized spacial score (nSPS) is 30.1. The number of nitrogens with one attached hydrogen (secondary N) is 1. The van der Waals surface area contributed by atoms with E-state index in [-0.39, 0.29) is 17.6 Å². The third-order valence-corrected chi connectivity index (χ3v) is 4.45. The average Bonchev–Trinajstić information content (AvgIpc) is 2.38. The van der Waals surface area contributed by atoms with Gasteiger partial charge in [0.25, 0.3) is 0 Å². The first-order valence-electron chi connectivity index (χ1n) is 7.92. The second-order valence-corrected chi connectivity index (χ2v) is 7.22. The van der Waals surface area contributed by atoms with E-state index in [0.717, 1.165) is 24.8 Å². The van der Waals surface area contributed by atoms with Gasteiger partial charge < -0.3 is 10.1 Å². The zero-order valence-electron chi connectivity index (χ0n) is 12.7. The molecule has 0 amide bonds. The molecule has 19 heavy (non-hydrogen) atoms. The van der Waals surface area contributed by atoms with Crippen molar-refractivity contribution in [2.24, 2.45) is 11.8 Å². The molecule has 2 rings (SSSR count). The van der Waals surface area contributed by atoms with Crippen LogP contribution in [0, 0.1) is 11.8 Å². The summed E-state index contributed by atoms with van der Waals surface area (Å²) < 4.78 is 5.51. The Morgan fingerprint density at radius 2 is 1.74 bits per heavy atom. The van der Waals surface area contributed by atoms with E-state index in [4.69, 9.17) is 4.74 Å². The van der Waals surface area contributed by atoms with Crippen molar-refractivity contribution < 1.29 is 9.53 Å². The lowest BCUT2D eigenvalue weighted by Crippen LogP contribution is -2.47. The van der Waals surface area contributed by atoms with E-state index in [1.165, 1.54) is 38.5 Å². The molecule has 0 aromatic carbocycles. The topological polar surface area (TPSA) is 38.3 Å². The van der Waals surface area contributed by atoms with Gasteiger partial charge in [0.05, 0.1) is 0 Å². The van der Waals surface area contributed by atoms with Crippen LogP contribution in [0.5, 0.6) is 0 Å². The van der Waals surface area contributed by atoms with Gasteiger partial charge in [-0.25, -0.2) is 0 Å². The van der Waals surface area contributed by atoms with Crippen LogP contribution >= 0.6 is 0 Å². The van der Waals surface area contributed by atoms with Gasteiger partial charge in [-0.3, -0.25) is 4.79 Å². The first-order valence-corrected chi connectivity index (χ1v) is 7.92. The summed E-state index contributed by atoms with van der Waals surface area (Å²) in [5, 5.41) is 3.34. The Kier molecular flexibility index (Phi) is 4.88. The number of rotatable bonds is 2. The monoisotopic (exact) mass is 267 g/mol. The van der Waals surface area contributed by atoms with Crippen LogP contribution in [0.2, 0.25) is 0 Å². The first-order chi connectivity index (χ1) is 8.96. The molecule has 1 aliphatic carbocycles. The van der Waals surface area contributed by atoms with Crippen LogP contribution in [0.3, 0.4) is 0 Å². The molecule has 1 aliphatic heterocycles. The van der Waals surface area contributed by atoms with Crippen LogP contribution in [0.4, 0.5) is 0 Å². The number of hydrogen-bond acceptors (Lipinski definition) is 3. The highest BCUT2D eigenvalue weighted by molar-refractivity contribution is 5.76. The maximum Gasteiger partial charge on any atom is 0.323 e. The fraction of sp³-hybridized carbons (Fsp3) is 0.938. The minimum Gasteiger partial charge on any atom is -0.459 e. The van der Waals surface area contributed by atoms with Crippen LogP contribution < -0.4 is 5.32 Å². The lowest BCUT2D eigenvalue weighted by atomic mass is 9.74. The summed E-state index contributed by atoms with van der Waals surface area (Å²) in [6.07, 6.45) is 9.09. The van der Waals surface area contributed by atoms with Crippen molar-refractivity contribution in [2.75, 3.05) is 6.54 Å². The second-order valence-electron chi connectivity index (χ2n) is 7.22. The molecule has 0 spiro atoms. The Bertz CT molecular complexity index is 302. The van der Waals surface area contributed by atoms with E-state index in [0.29, 0.717) is 0 Å². The van der Waals surface area contributed by atoms with Gasteiger partial charge in [-0.2, -0.15) is 0 Å². The Hall–Kier alpha value is -0.570.